The van der Waals surface area contributed by atoms with Crippen LogP contribution in [0.3, 0.4) is 0 Å². The number of amides is 2. The number of nitrogens with zero attached hydrogens (tertiary/aromatic N) is 1. The number of hydrogen-bond donors (Lipinski definition) is 1. The average molecular weight is 346 g/mol. The molecule has 5 nitrogen and oxygen atoms in total. The van der Waals surface area contributed by atoms with Crippen LogP contribution in [0.4, 0.5) is 5.69 Å². The van der Waals surface area contributed by atoms with Crippen LogP contribution in [-0.2, 0) is 20.9 Å². The highest BCUT2D eigenvalue weighted by molar-refractivity contribution is 5.97. The van der Waals surface area contributed by atoms with Crippen molar-refractivity contribution in [3.05, 3.63) is 65.2 Å². The number of hydrogen-bond acceptors (Lipinski definition) is 3. The van der Waals surface area contributed by atoms with Gasteiger partial charge in [0.1, 0.15) is 6.29 Å². The molecule has 0 radical (unpaired) electrons. The SMILES string of the molecule is O=CCNC(=O)CCC(=O)N1Cc2ccccc2C#Cc2ccccc21. The highest BCUT2D eigenvalue weighted by Gasteiger charge is 2.21. The lowest BCUT2D eigenvalue weighted by molar-refractivity contribution is -0.125. The number of fused-ring (bicyclic) bond motifs is 2. The third kappa shape index (κ3) is 3.98. The minimum absolute atomic E-state index is 0.0392. The summed E-state index contributed by atoms with van der Waals surface area (Å²) in [6, 6.07) is 15.2. The van der Waals surface area contributed by atoms with E-state index in [9.17, 15) is 14.4 Å². The Labute approximate surface area is 152 Å². The van der Waals surface area contributed by atoms with Gasteiger partial charge >= 0.3 is 0 Å². The van der Waals surface area contributed by atoms with E-state index in [0.717, 1.165) is 22.4 Å². The van der Waals surface area contributed by atoms with Gasteiger partial charge in [-0.05, 0) is 23.8 Å². The fourth-order valence-corrected chi connectivity index (χ4v) is 2.81. The number of nitrogens with one attached hydrogen (secondary N) is 1. The Kier molecular flexibility index (Phi) is 5.45. The molecule has 2 aromatic rings. The molecule has 3 rings (SSSR count). The average Bonchev–Trinajstić information content (AvgIpc) is 2.66. The number of para-hydroxylation sites is 1. The van der Waals surface area contributed by atoms with Crippen molar-refractivity contribution in [3.8, 4) is 11.8 Å². The molecule has 0 aliphatic carbocycles. The topological polar surface area (TPSA) is 66.5 Å². The molecule has 130 valence electrons. The quantitative estimate of drug-likeness (QED) is 0.665. The van der Waals surface area contributed by atoms with Gasteiger partial charge in [-0.15, -0.1) is 0 Å². The van der Waals surface area contributed by atoms with Gasteiger partial charge in [-0.25, -0.2) is 0 Å². The van der Waals surface area contributed by atoms with Crippen LogP contribution in [0.2, 0.25) is 0 Å². The van der Waals surface area contributed by atoms with Crippen molar-refractivity contribution < 1.29 is 14.4 Å². The smallest absolute Gasteiger partial charge is 0.227 e. The molecule has 0 aromatic heterocycles. The van der Waals surface area contributed by atoms with E-state index in [4.69, 9.17) is 0 Å². The highest BCUT2D eigenvalue weighted by atomic mass is 16.2. The van der Waals surface area contributed by atoms with Crippen LogP contribution >= 0.6 is 0 Å². The minimum atomic E-state index is -0.314. The normalized spacial score (nSPS) is 11.8. The van der Waals surface area contributed by atoms with Crippen molar-refractivity contribution in [2.45, 2.75) is 19.4 Å². The Balaban J connectivity index is 1.86. The van der Waals surface area contributed by atoms with Crippen molar-refractivity contribution in [2.75, 3.05) is 11.4 Å². The molecular weight excluding hydrogens is 328 g/mol. The van der Waals surface area contributed by atoms with Gasteiger partial charge in [0.2, 0.25) is 11.8 Å². The maximum atomic E-state index is 12.8. The highest BCUT2D eigenvalue weighted by Crippen LogP contribution is 2.26. The number of anilines is 1. The van der Waals surface area contributed by atoms with E-state index in [1.54, 1.807) is 4.90 Å². The molecule has 1 heterocycles. The van der Waals surface area contributed by atoms with Crippen molar-refractivity contribution >= 4 is 23.8 Å². The van der Waals surface area contributed by atoms with E-state index in [0.29, 0.717) is 12.8 Å². The monoisotopic (exact) mass is 346 g/mol. The summed E-state index contributed by atoms with van der Waals surface area (Å²) < 4.78 is 0. The van der Waals surface area contributed by atoms with E-state index in [1.165, 1.54) is 0 Å². The van der Waals surface area contributed by atoms with E-state index >= 15 is 0 Å². The number of rotatable bonds is 5. The van der Waals surface area contributed by atoms with Crippen LogP contribution in [0.15, 0.2) is 48.5 Å². The summed E-state index contributed by atoms with van der Waals surface area (Å²) in [5, 5.41) is 2.45. The maximum Gasteiger partial charge on any atom is 0.227 e. The maximum absolute atomic E-state index is 12.8. The van der Waals surface area contributed by atoms with Crippen LogP contribution in [0, 0.1) is 11.8 Å². The zero-order valence-corrected chi connectivity index (χ0v) is 14.2. The largest absolute Gasteiger partial charge is 0.349 e. The van der Waals surface area contributed by atoms with Crippen LogP contribution < -0.4 is 10.2 Å². The predicted molar refractivity (Wildman–Crippen MR) is 98.4 cm³/mol. The Morgan fingerprint density at radius 2 is 1.69 bits per heavy atom. The van der Waals surface area contributed by atoms with E-state index in [1.807, 2.05) is 48.5 Å². The first kappa shape index (κ1) is 17.4. The molecule has 0 saturated carbocycles. The summed E-state index contributed by atoms with van der Waals surface area (Å²) in [7, 11) is 0. The summed E-state index contributed by atoms with van der Waals surface area (Å²) in [5.74, 6) is 5.84. The molecule has 0 atom stereocenters. The minimum Gasteiger partial charge on any atom is -0.349 e. The molecule has 0 unspecified atom stereocenters. The Morgan fingerprint density at radius 3 is 2.50 bits per heavy atom. The van der Waals surface area contributed by atoms with Crippen LogP contribution in [-0.4, -0.2) is 24.6 Å². The van der Waals surface area contributed by atoms with Gasteiger partial charge in [-0.2, -0.15) is 0 Å². The molecule has 0 saturated heterocycles. The zero-order valence-electron chi connectivity index (χ0n) is 14.2. The summed E-state index contributed by atoms with van der Waals surface area (Å²) in [5.41, 5.74) is 3.38. The summed E-state index contributed by atoms with van der Waals surface area (Å²) in [6.07, 6.45) is 0.719. The first-order chi connectivity index (χ1) is 12.7. The fraction of sp³-hybridized carbons (Fsp3) is 0.190. The lowest BCUT2D eigenvalue weighted by Crippen LogP contribution is -2.33. The predicted octanol–water partition coefficient (Wildman–Crippen LogP) is 2.03. The number of aldehydes is 1. The lowest BCUT2D eigenvalue weighted by atomic mass is 10.0. The molecule has 1 aliphatic rings. The number of carbonyl (C=O) groups is 3. The second-order valence-electron chi connectivity index (χ2n) is 5.87. The first-order valence-electron chi connectivity index (χ1n) is 8.38. The molecule has 2 amide bonds. The molecule has 0 fully saturated rings. The second-order valence-corrected chi connectivity index (χ2v) is 5.87. The fourth-order valence-electron chi connectivity index (χ4n) is 2.81. The van der Waals surface area contributed by atoms with Crippen molar-refractivity contribution in [1.29, 1.82) is 0 Å². The molecular formula is C21H18N2O3. The van der Waals surface area contributed by atoms with Crippen LogP contribution in [0.1, 0.15) is 29.5 Å². The van der Waals surface area contributed by atoms with Gasteiger partial charge in [-0.1, -0.05) is 42.2 Å². The van der Waals surface area contributed by atoms with Gasteiger partial charge < -0.3 is 15.0 Å². The van der Waals surface area contributed by atoms with Crippen LogP contribution in [0.25, 0.3) is 0 Å². The molecule has 5 heteroatoms. The Morgan fingerprint density at radius 1 is 1.00 bits per heavy atom. The summed E-state index contributed by atoms with van der Waals surface area (Å²) in [6.45, 7) is 0.360. The van der Waals surface area contributed by atoms with Gasteiger partial charge in [0.25, 0.3) is 0 Å². The third-order valence-corrected chi connectivity index (χ3v) is 4.12. The van der Waals surface area contributed by atoms with Gasteiger partial charge in [0.15, 0.2) is 0 Å². The lowest BCUT2D eigenvalue weighted by Gasteiger charge is -2.26. The Hall–Kier alpha value is -3.39. The summed E-state index contributed by atoms with van der Waals surface area (Å²) >= 11 is 0. The van der Waals surface area contributed by atoms with Gasteiger partial charge in [0.05, 0.1) is 18.8 Å². The molecule has 26 heavy (non-hydrogen) atoms. The standard InChI is InChI=1S/C21H18N2O3/c24-14-13-22-20(25)11-12-21(26)23-15-18-7-2-1-5-16(18)9-10-17-6-3-4-8-19(17)23/h1-8,14H,11-13,15H2,(H,22,25). The molecule has 0 bridgehead atoms. The van der Waals surface area contributed by atoms with Gasteiger partial charge in [-0.3, -0.25) is 9.59 Å². The molecule has 2 aromatic carbocycles. The third-order valence-electron chi connectivity index (χ3n) is 4.12. The second kappa shape index (κ2) is 8.13. The molecule has 1 N–H and O–H groups in total. The van der Waals surface area contributed by atoms with Crippen molar-refractivity contribution in [1.82, 2.24) is 5.32 Å². The number of benzene rings is 2. The van der Waals surface area contributed by atoms with Gasteiger partial charge in [0, 0.05) is 24.0 Å². The van der Waals surface area contributed by atoms with Crippen LogP contribution in [0.5, 0.6) is 0 Å². The molecule has 0 spiro atoms. The van der Waals surface area contributed by atoms with E-state index in [2.05, 4.69) is 17.2 Å². The Bertz CT molecular complexity index is 909. The summed E-state index contributed by atoms with van der Waals surface area (Å²) in [4.78, 5) is 36.5. The van der Waals surface area contributed by atoms with E-state index < -0.39 is 0 Å². The van der Waals surface area contributed by atoms with Crippen molar-refractivity contribution in [2.24, 2.45) is 0 Å². The zero-order chi connectivity index (χ0) is 18.4. The first-order valence-corrected chi connectivity index (χ1v) is 8.38. The number of carbonyl (C=O) groups excluding carboxylic acids is 3. The molecule has 1 aliphatic heterocycles. The van der Waals surface area contributed by atoms with E-state index in [-0.39, 0.29) is 31.2 Å². The van der Waals surface area contributed by atoms with Crippen molar-refractivity contribution in [3.63, 3.8) is 0 Å².